The average Bonchev–Trinajstić information content (AvgIpc) is 3.21. The second kappa shape index (κ2) is 7.31. The largest absolute Gasteiger partial charge is 0.387 e. The molecular formula is C21H21N5OS. The van der Waals surface area contributed by atoms with Gasteiger partial charge in [-0.3, -0.25) is 0 Å². The summed E-state index contributed by atoms with van der Waals surface area (Å²) in [5.74, 6) is 0.618. The first-order chi connectivity index (χ1) is 13.8. The lowest BCUT2D eigenvalue weighted by molar-refractivity contribution is 0.125. The van der Waals surface area contributed by atoms with Crippen molar-refractivity contribution in [3.05, 3.63) is 58.5 Å². The molecule has 4 aromatic rings. The van der Waals surface area contributed by atoms with E-state index in [-0.39, 0.29) is 6.61 Å². The molecule has 5 rings (SSSR count). The Morgan fingerprint density at radius 1 is 1.18 bits per heavy atom. The van der Waals surface area contributed by atoms with Gasteiger partial charge >= 0.3 is 0 Å². The van der Waals surface area contributed by atoms with Gasteiger partial charge in [0.25, 0.3) is 0 Å². The molecule has 3 aromatic heterocycles. The highest BCUT2D eigenvalue weighted by molar-refractivity contribution is 7.19. The Kier molecular flexibility index (Phi) is 4.52. The van der Waals surface area contributed by atoms with E-state index < -0.39 is 0 Å². The second-order valence-corrected chi connectivity index (χ2v) is 8.19. The highest BCUT2D eigenvalue weighted by Gasteiger charge is 2.20. The lowest BCUT2D eigenvalue weighted by Gasteiger charge is -2.00. The molecule has 0 saturated carbocycles. The lowest BCUT2D eigenvalue weighted by atomic mass is 10.1. The molecule has 0 radical (unpaired) electrons. The molecule has 1 aromatic carbocycles. The monoisotopic (exact) mass is 391 g/mol. The molecule has 0 bridgehead atoms. The molecule has 0 fully saturated rings. The Balaban J connectivity index is 1.43. The highest BCUT2D eigenvalue weighted by atomic mass is 32.1. The van der Waals surface area contributed by atoms with Gasteiger partial charge in [0.15, 0.2) is 18.1 Å². The highest BCUT2D eigenvalue weighted by Crippen LogP contribution is 2.36. The quantitative estimate of drug-likeness (QED) is 0.291. The second-order valence-electron chi connectivity index (χ2n) is 7.10. The molecule has 0 aliphatic heterocycles. The van der Waals surface area contributed by atoms with Gasteiger partial charge in [-0.1, -0.05) is 41.9 Å². The molecule has 0 N–H and O–H groups in total. The van der Waals surface area contributed by atoms with E-state index in [9.17, 15) is 0 Å². The van der Waals surface area contributed by atoms with Crippen LogP contribution in [0.1, 0.15) is 48.0 Å². The number of hydrogen-bond donors (Lipinski definition) is 0. The zero-order valence-corrected chi connectivity index (χ0v) is 16.6. The number of aryl methyl sites for hydroxylation is 2. The summed E-state index contributed by atoms with van der Waals surface area (Å²) in [5, 5.41) is 9.92. The smallest absolute Gasteiger partial charge is 0.192 e. The molecule has 0 atom stereocenters. The first-order valence-corrected chi connectivity index (χ1v) is 10.5. The third-order valence-electron chi connectivity index (χ3n) is 5.17. The van der Waals surface area contributed by atoms with Gasteiger partial charge in [-0.25, -0.2) is 14.5 Å². The van der Waals surface area contributed by atoms with Crippen molar-refractivity contribution < 1.29 is 4.84 Å². The fourth-order valence-corrected chi connectivity index (χ4v) is 4.98. The Morgan fingerprint density at radius 3 is 2.93 bits per heavy atom. The zero-order valence-electron chi connectivity index (χ0n) is 15.8. The number of thiophene rings is 1. The fourth-order valence-electron chi connectivity index (χ4n) is 3.76. The number of benzene rings is 1. The molecule has 0 amide bonds. The Hall–Kier alpha value is -2.80. The maximum absolute atomic E-state index is 5.52. The summed E-state index contributed by atoms with van der Waals surface area (Å²) < 4.78 is 1.77. The van der Waals surface area contributed by atoms with Crippen LogP contribution in [0.2, 0.25) is 0 Å². The van der Waals surface area contributed by atoms with Crippen LogP contribution in [-0.2, 0) is 24.3 Å². The summed E-state index contributed by atoms with van der Waals surface area (Å²) in [6, 6.07) is 9.98. The van der Waals surface area contributed by atoms with Crippen LogP contribution < -0.4 is 0 Å². The van der Waals surface area contributed by atoms with Gasteiger partial charge < -0.3 is 4.84 Å². The van der Waals surface area contributed by atoms with Gasteiger partial charge in [0.2, 0.25) is 0 Å². The van der Waals surface area contributed by atoms with Crippen molar-refractivity contribution in [3.8, 4) is 0 Å². The summed E-state index contributed by atoms with van der Waals surface area (Å²) in [7, 11) is 0. The normalized spacial score (nSPS) is 15.0. The molecule has 3 heterocycles. The van der Waals surface area contributed by atoms with Gasteiger partial charge in [0.1, 0.15) is 11.2 Å². The van der Waals surface area contributed by atoms with Crippen LogP contribution in [0, 0.1) is 0 Å². The van der Waals surface area contributed by atoms with E-state index in [1.807, 2.05) is 48.6 Å². The summed E-state index contributed by atoms with van der Waals surface area (Å²) in [6.07, 6.45) is 7.81. The predicted molar refractivity (Wildman–Crippen MR) is 111 cm³/mol. The van der Waals surface area contributed by atoms with E-state index in [0.717, 1.165) is 34.6 Å². The minimum atomic E-state index is 0.236. The molecule has 28 heavy (non-hydrogen) atoms. The van der Waals surface area contributed by atoms with Gasteiger partial charge in [0.05, 0.1) is 11.1 Å². The predicted octanol–water partition coefficient (Wildman–Crippen LogP) is 4.55. The van der Waals surface area contributed by atoms with Crippen molar-refractivity contribution >= 4 is 32.9 Å². The number of nitrogens with zero attached hydrogens (tertiary/aromatic N) is 5. The van der Waals surface area contributed by atoms with E-state index >= 15 is 0 Å². The first-order valence-electron chi connectivity index (χ1n) is 9.66. The van der Waals surface area contributed by atoms with E-state index in [1.54, 1.807) is 10.8 Å². The standard InChI is InChI=1S/C21H21N5OS/c1-14(15-8-4-2-5-9-15)25-27-12-18-23-20-19-16-10-6-3-7-11-17(16)28-21(19)22-13-26(20)24-18/h2,4-5,8-9,13H,3,6-7,10-12H2,1H3/b25-14-. The Morgan fingerprint density at radius 2 is 2.04 bits per heavy atom. The van der Waals surface area contributed by atoms with Crippen LogP contribution in [0.4, 0.5) is 0 Å². The number of fused-ring (bicyclic) bond motifs is 5. The van der Waals surface area contributed by atoms with Crippen molar-refractivity contribution in [1.29, 1.82) is 0 Å². The molecule has 0 unspecified atom stereocenters. The molecule has 1 aliphatic rings. The van der Waals surface area contributed by atoms with E-state index in [4.69, 9.17) is 9.82 Å². The van der Waals surface area contributed by atoms with E-state index in [0.29, 0.717) is 5.82 Å². The van der Waals surface area contributed by atoms with Crippen LogP contribution >= 0.6 is 11.3 Å². The molecule has 142 valence electrons. The van der Waals surface area contributed by atoms with Gasteiger partial charge in [-0.2, -0.15) is 0 Å². The van der Waals surface area contributed by atoms with Crippen LogP contribution in [0.5, 0.6) is 0 Å². The molecule has 0 spiro atoms. The fraction of sp³-hybridized carbons (Fsp3) is 0.333. The van der Waals surface area contributed by atoms with Crippen LogP contribution in [0.15, 0.2) is 41.8 Å². The minimum Gasteiger partial charge on any atom is -0.387 e. The van der Waals surface area contributed by atoms with E-state index in [2.05, 4.69) is 15.2 Å². The number of oxime groups is 1. The summed E-state index contributed by atoms with van der Waals surface area (Å²) in [5.41, 5.74) is 4.18. The zero-order chi connectivity index (χ0) is 18.9. The summed E-state index contributed by atoms with van der Waals surface area (Å²) in [6.45, 7) is 2.17. The SMILES string of the molecule is C/C(=N/OCc1nc2c3c4c(sc3ncn2n1)CCCCC4)c1ccccc1. The maximum atomic E-state index is 5.52. The van der Waals surface area contributed by atoms with Crippen molar-refractivity contribution in [1.82, 2.24) is 19.6 Å². The molecule has 1 aliphatic carbocycles. The molecule has 6 nitrogen and oxygen atoms in total. The minimum absolute atomic E-state index is 0.236. The molecule has 0 saturated heterocycles. The Bertz CT molecular complexity index is 1160. The average molecular weight is 392 g/mol. The maximum Gasteiger partial charge on any atom is 0.192 e. The van der Waals surface area contributed by atoms with Gasteiger partial charge in [0, 0.05) is 4.88 Å². The summed E-state index contributed by atoms with van der Waals surface area (Å²) in [4.78, 5) is 17.4. The number of hydrogen-bond acceptors (Lipinski definition) is 6. The summed E-state index contributed by atoms with van der Waals surface area (Å²) >= 11 is 1.81. The van der Waals surface area contributed by atoms with Crippen LogP contribution in [-0.4, -0.2) is 25.3 Å². The van der Waals surface area contributed by atoms with Crippen LogP contribution in [0.3, 0.4) is 0 Å². The topological polar surface area (TPSA) is 64.7 Å². The first kappa shape index (κ1) is 17.3. The lowest BCUT2D eigenvalue weighted by Crippen LogP contribution is -1.97. The van der Waals surface area contributed by atoms with Crippen molar-refractivity contribution in [2.45, 2.75) is 45.6 Å². The van der Waals surface area contributed by atoms with Crippen LogP contribution in [0.25, 0.3) is 15.9 Å². The van der Waals surface area contributed by atoms with Gasteiger partial charge in [-0.15, -0.1) is 16.4 Å². The van der Waals surface area contributed by atoms with Crippen molar-refractivity contribution in [3.63, 3.8) is 0 Å². The van der Waals surface area contributed by atoms with Crippen molar-refractivity contribution in [2.24, 2.45) is 5.16 Å². The number of aromatic nitrogens is 4. The van der Waals surface area contributed by atoms with Crippen molar-refractivity contribution in [2.75, 3.05) is 0 Å². The number of rotatable bonds is 4. The Labute approximate surface area is 166 Å². The van der Waals surface area contributed by atoms with Gasteiger partial charge in [-0.05, 0) is 43.7 Å². The molecule has 7 heteroatoms. The van der Waals surface area contributed by atoms with E-state index in [1.165, 1.54) is 35.1 Å². The third kappa shape index (κ3) is 3.16. The third-order valence-corrected chi connectivity index (χ3v) is 6.37. The molecular weight excluding hydrogens is 370 g/mol.